The Labute approximate surface area is 130 Å². The maximum Gasteiger partial charge on any atom is 0.246 e. The predicted octanol–water partition coefficient (Wildman–Crippen LogP) is 2.23. The van der Waals surface area contributed by atoms with Crippen LogP contribution < -0.4 is 5.73 Å². The summed E-state index contributed by atoms with van der Waals surface area (Å²) in [5.74, 6) is -0.994. The number of nitrogens with two attached hydrogens (primary N) is 1. The van der Waals surface area contributed by atoms with Crippen molar-refractivity contribution in [1.82, 2.24) is 4.31 Å². The van der Waals surface area contributed by atoms with Crippen molar-refractivity contribution in [2.45, 2.75) is 11.3 Å². The fourth-order valence-corrected chi connectivity index (χ4v) is 4.02. The summed E-state index contributed by atoms with van der Waals surface area (Å²) in [5, 5.41) is 0.0496. The van der Waals surface area contributed by atoms with Crippen molar-refractivity contribution in [2.24, 2.45) is 0 Å². The third kappa shape index (κ3) is 2.94. The van der Waals surface area contributed by atoms with Crippen molar-refractivity contribution in [3.05, 3.63) is 21.4 Å². The summed E-state index contributed by atoms with van der Waals surface area (Å²) in [6, 6.07) is 1.07. The van der Waals surface area contributed by atoms with E-state index < -0.39 is 20.7 Å². The van der Waals surface area contributed by atoms with Gasteiger partial charge in [0.2, 0.25) is 10.0 Å². The second-order valence-electron chi connectivity index (χ2n) is 4.27. The van der Waals surface area contributed by atoms with Crippen molar-refractivity contribution >= 4 is 43.2 Å². The summed E-state index contributed by atoms with van der Waals surface area (Å²) in [4.78, 5) is -0.509. The molecule has 20 heavy (non-hydrogen) atoms. The van der Waals surface area contributed by atoms with Crippen LogP contribution in [-0.2, 0) is 14.8 Å². The van der Waals surface area contributed by atoms with Crippen LogP contribution in [0.2, 0.25) is 5.02 Å². The van der Waals surface area contributed by atoms with Crippen LogP contribution in [0, 0.1) is 5.82 Å². The Kier molecular flexibility index (Phi) is 4.91. The quantitative estimate of drug-likeness (QED) is 0.624. The SMILES string of the molecule is Nc1c(F)c(S(=O)(=O)N2CCCOCC2)cc(Cl)c1Br. The second-order valence-corrected chi connectivity index (χ2v) is 7.37. The third-order valence-electron chi connectivity index (χ3n) is 2.96. The van der Waals surface area contributed by atoms with Crippen LogP contribution in [0.25, 0.3) is 0 Å². The van der Waals surface area contributed by atoms with Gasteiger partial charge in [0.05, 0.1) is 21.8 Å². The average Bonchev–Trinajstić information content (AvgIpc) is 2.69. The van der Waals surface area contributed by atoms with Crippen LogP contribution in [0.3, 0.4) is 0 Å². The van der Waals surface area contributed by atoms with Crippen LogP contribution in [0.15, 0.2) is 15.4 Å². The van der Waals surface area contributed by atoms with E-state index in [4.69, 9.17) is 22.1 Å². The van der Waals surface area contributed by atoms with Crippen molar-refractivity contribution < 1.29 is 17.5 Å². The lowest BCUT2D eigenvalue weighted by molar-refractivity contribution is 0.148. The standard InChI is InChI=1S/C11H13BrClFN2O3S/c12-9-7(13)6-8(10(14)11(9)15)20(17,18)16-2-1-4-19-5-3-16/h6H,1-5,15H2. The lowest BCUT2D eigenvalue weighted by Crippen LogP contribution is -2.34. The Hall–Kier alpha value is -0.410. The van der Waals surface area contributed by atoms with Crippen molar-refractivity contribution in [3.8, 4) is 0 Å². The first-order chi connectivity index (χ1) is 9.35. The number of nitrogens with zero attached hydrogens (tertiary/aromatic N) is 1. The summed E-state index contributed by atoms with van der Waals surface area (Å²) in [5.41, 5.74) is 5.21. The van der Waals surface area contributed by atoms with E-state index in [1.54, 1.807) is 0 Å². The Balaban J connectivity index is 2.49. The fraction of sp³-hybridized carbons (Fsp3) is 0.455. The van der Waals surface area contributed by atoms with Gasteiger partial charge in [0.15, 0.2) is 5.82 Å². The predicted molar refractivity (Wildman–Crippen MR) is 77.7 cm³/mol. The first kappa shape index (κ1) is 16.0. The van der Waals surface area contributed by atoms with E-state index in [1.165, 1.54) is 4.31 Å². The van der Waals surface area contributed by atoms with Crippen LogP contribution >= 0.6 is 27.5 Å². The zero-order valence-corrected chi connectivity index (χ0v) is 13.6. The molecule has 0 aromatic heterocycles. The summed E-state index contributed by atoms with van der Waals surface area (Å²) in [7, 11) is -3.98. The van der Waals surface area contributed by atoms with Crippen LogP contribution in [0.1, 0.15) is 6.42 Å². The van der Waals surface area contributed by atoms with E-state index in [2.05, 4.69) is 15.9 Å². The molecule has 112 valence electrons. The minimum absolute atomic E-state index is 0.0496. The molecule has 1 aromatic carbocycles. The van der Waals surface area contributed by atoms with Gasteiger partial charge in [-0.25, -0.2) is 12.8 Å². The number of benzene rings is 1. The van der Waals surface area contributed by atoms with Crippen molar-refractivity contribution in [1.29, 1.82) is 0 Å². The molecule has 1 saturated heterocycles. The highest BCUT2D eigenvalue weighted by atomic mass is 79.9. The van der Waals surface area contributed by atoms with E-state index in [0.29, 0.717) is 13.0 Å². The van der Waals surface area contributed by atoms with Crippen molar-refractivity contribution in [2.75, 3.05) is 32.0 Å². The van der Waals surface area contributed by atoms with E-state index in [-0.39, 0.29) is 34.9 Å². The molecule has 0 radical (unpaired) electrons. The molecule has 1 aromatic rings. The number of rotatable bonds is 2. The van der Waals surface area contributed by atoms with Gasteiger partial charge in [0, 0.05) is 19.7 Å². The van der Waals surface area contributed by atoms with Gasteiger partial charge >= 0.3 is 0 Å². The van der Waals surface area contributed by atoms with E-state index in [9.17, 15) is 12.8 Å². The van der Waals surface area contributed by atoms with Gasteiger partial charge in [0.1, 0.15) is 4.90 Å². The molecular formula is C11H13BrClFN2O3S. The first-order valence-corrected chi connectivity index (χ1v) is 8.47. The molecule has 1 aliphatic rings. The maximum atomic E-state index is 14.1. The van der Waals surface area contributed by atoms with Crippen molar-refractivity contribution in [3.63, 3.8) is 0 Å². The molecule has 0 amide bonds. The molecule has 1 heterocycles. The summed E-state index contributed by atoms with van der Waals surface area (Å²) >= 11 is 8.88. The third-order valence-corrected chi connectivity index (χ3v) is 6.23. The van der Waals surface area contributed by atoms with Crippen LogP contribution in [0.5, 0.6) is 0 Å². The smallest absolute Gasteiger partial charge is 0.246 e. The molecule has 5 nitrogen and oxygen atoms in total. The zero-order chi connectivity index (χ0) is 14.9. The number of nitrogen functional groups attached to an aromatic ring is 1. The number of sulfonamides is 1. The zero-order valence-electron chi connectivity index (χ0n) is 10.4. The minimum Gasteiger partial charge on any atom is -0.395 e. The molecular weight excluding hydrogens is 375 g/mol. The Morgan fingerprint density at radius 1 is 1.40 bits per heavy atom. The number of hydrogen-bond acceptors (Lipinski definition) is 4. The van der Waals surface area contributed by atoms with Crippen LogP contribution in [-0.4, -0.2) is 39.0 Å². The lowest BCUT2D eigenvalue weighted by Gasteiger charge is -2.20. The summed E-state index contributed by atoms with van der Waals surface area (Å²) in [6.07, 6.45) is 0.556. The molecule has 1 aliphatic heterocycles. The molecule has 0 saturated carbocycles. The number of halogens is 3. The topological polar surface area (TPSA) is 72.6 Å². The molecule has 2 rings (SSSR count). The Bertz CT molecular complexity index is 619. The average molecular weight is 388 g/mol. The van der Waals surface area contributed by atoms with E-state index in [1.807, 2.05) is 0 Å². The minimum atomic E-state index is -3.98. The van der Waals surface area contributed by atoms with Gasteiger partial charge in [-0.05, 0) is 28.4 Å². The van der Waals surface area contributed by atoms with Gasteiger partial charge in [0.25, 0.3) is 0 Å². The van der Waals surface area contributed by atoms with Gasteiger partial charge < -0.3 is 10.5 Å². The summed E-state index contributed by atoms with van der Waals surface area (Å²) in [6.45, 7) is 1.21. The van der Waals surface area contributed by atoms with Crippen LogP contribution in [0.4, 0.5) is 10.1 Å². The monoisotopic (exact) mass is 386 g/mol. The molecule has 1 fully saturated rings. The lowest BCUT2D eigenvalue weighted by atomic mass is 10.3. The summed E-state index contributed by atoms with van der Waals surface area (Å²) < 4.78 is 45.6. The molecule has 0 bridgehead atoms. The second kappa shape index (κ2) is 6.15. The molecule has 2 N–H and O–H groups in total. The first-order valence-electron chi connectivity index (χ1n) is 5.86. The van der Waals surface area contributed by atoms with Gasteiger partial charge in [-0.1, -0.05) is 11.6 Å². The highest BCUT2D eigenvalue weighted by Crippen LogP contribution is 2.35. The van der Waals surface area contributed by atoms with E-state index in [0.717, 1.165) is 6.07 Å². The molecule has 0 atom stereocenters. The van der Waals surface area contributed by atoms with Gasteiger partial charge in [-0.3, -0.25) is 0 Å². The molecule has 0 unspecified atom stereocenters. The van der Waals surface area contributed by atoms with Gasteiger partial charge in [-0.2, -0.15) is 4.31 Å². The fourth-order valence-electron chi connectivity index (χ4n) is 1.89. The Morgan fingerprint density at radius 2 is 2.10 bits per heavy atom. The molecule has 0 spiro atoms. The van der Waals surface area contributed by atoms with Gasteiger partial charge in [-0.15, -0.1) is 0 Å². The largest absolute Gasteiger partial charge is 0.395 e. The number of ether oxygens (including phenoxy) is 1. The Morgan fingerprint density at radius 3 is 2.80 bits per heavy atom. The van der Waals surface area contributed by atoms with E-state index >= 15 is 0 Å². The maximum absolute atomic E-state index is 14.1. The molecule has 9 heteroatoms. The normalized spacial score (nSPS) is 17.9. The highest BCUT2D eigenvalue weighted by Gasteiger charge is 2.30. The molecule has 0 aliphatic carbocycles. The highest BCUT2D eigenvalue weighted by molar-refractivity contribution is 9.10. The number of anilines is 1. The number of hydrogen-bond donors (Lipinski definition) is 1.